The van der Waals surface area contributed by atoms with Crippen LogP contribution in [-0.4, -0.2) is 42.4 Å². The number of anilines is 2. The van der Waals surface area contributed by atoms with E-state index in [9.17, 15) is 4.79 Å². The maximum absolute atomic E-state index is 11.6. The van der Waals surface area contributed by atoms with E-state index in [0.717, 1.165) is 27.9 Å². The predicted octanol–water partition coefficient (Wildman–Crippen LogP) is 2.51. The molecule has 1 fully saturated rings. The Bertz CT molecular complexity index is 1210. The number of benzene rings is 1. The van der Waals surface area contributed by atoms with Crippen LogP contribution in [0.5, 0.6) is 0 Å². The average Bonchev–Trinajstić information content (AvgIpc) is 3.39. The van der Waals surface area contributed by atoms with Crippen molar-refractivity contribution >= 4 is 39.5 Å². The normalized spacial score (nSPS) is 13.9. The van der Waals surface area contributed by atoms with Crippen LogP contribution in [0.15, 0.2) is 30.7 Å². The van der Waals surface area contributed by atoms with Gasteiger partial charge in [0.15, 0.2) is 5.65 Å². The zero-order valence-electron chi connectivity index (χ0n) is 15.6. The second-order valence-electron chi connectivity index (χ2n) is 6.97. The van der Waals surface area contributed by atoms with Crippen LogP contribution in [0.25, 0.3) is 22.1 Å². The van der Waals surface area contributed by atoms with Gasteiger partial charge in [-0.15, -0.1) is 0 Å². The monoisotopic (exact) mass is 377 g/mol. The highest BCUT2D eigenvalue weighted by atomic mass is 16.5. The molecule has 3 heterocycles. The van der Waals surface area contributed by atoms with E-state index < -0.39 is 0 Å². The number of rotatable bonds is 5. The van der Waals surface area contributed by atoms with Crippen LogP contribution in [0.4, 0.5) is 11.5 Å². The number of nitrogens with one attached hydrogen (secondary N) is 1. The molecule has 0 atom stereocenters. The minimum atomic E-state index is -0.384. The number of esters is 1. The van der Waals surface area contributed by atoms with Crippen LogP contribution in [0.3, 0.4) is 0 Å². The van der Waals surface area contributed by atoms with Gasteiger partial charge in [0.25, 0.3) is 0 Å². The molecule has 3 aromatic heterocycles. The zero-order valence-corrected chi connectivity index (χ0v) is 15.6. The Morgan fingerprint density at radius 1 is 1.32 bits per heavy atom. The lowest BCUT2D eigenvalue weighted by molar-refractivity contribution is -0.141. The van der Waals surface area contributed by atoms with Gasteiger partial charge in [0.05, 0.1) is 29.7 Å². The highest BCUT2D eigenvalue weighted by Gasteiger charge is 2.28. The summed E-state index contributed by atoms with van der Waals surface area (Å²) in [6.45, 7) is 0.000289. The van der Waals surface area contributed by atoms with E-state index in [-0.39, 0.29) is 12.5 Å². The molecule has 1 N–H and O–H groups in total. The summed E-state index contributed by atoms with van der Waals surface area (Å²) in [6.07, 6.45) is 5.53. The maximum Gasteiger partial charge on any atom is 0.327 e. The standard InChI is InChI=1S/C19H19N7O2/c1-25-15-6-5-12(7-14(15)24-18(25)11-3-4-11)23-17-13-8-22-26(9-16(27)28-2)19(13)21-10-20-17/h5-8,10-11H,3-4,9H2,1-2H3,(H,20,21,23). The van der Waals surface area contributed by atoms with E-state index >= 15 is 0 Å². The van der Waals surface area contributed by atoms with Gasteiger partial charge in [-0.2, -0.15) is 5.10 Å². The Morgan fingerprint density at radius 2 is 2.18 bits per heavy atom. The summed E-state index contributed by atoms with van der Waals surface area (Å²) in [6, 6.07) is 6.09. The smallest absolute Gasteiger partial charge is 0.327 e. The highest BCUT2D eigenvalue weighted by Crippen LogP contribution is 2.40. The molecule has 28 heavy (non-hydrogen) atoms. The van der Waals surface area contributed by atoms with E-state index in [4.69, 9.17) is 9.72 Å². The minimum Gasteiger partial charge on any atom is -0.468 e. The number of methoxy groups -OCH3 is 1. The van der Waals surface area contributed by atoms with Gasteiger partial charge in [-0.3, -0.25) is 4.79 Å². The molecule has 0 bridgehead atoms. The van der Waals surface area contributed by atoms with Gasteiger partial charge in [-0.05, 0) is 31.0 Å². The first-order valence-corrected chi connectivity index (χ1v) is 9.11. The summed E-state index contributed by atoms with van der Waals surface area (Å²) < 4.78 is 8.38. The van der Waals surface area contributed by atoms with Crippen molar-refractivity contribution in [3.8, 4) is 0 Å². The summed E-state index contributed by atoms with van der Waals surface area (Å²) in [4.78, 5) is 24.9. The first kappa shape index (κ1) is 16.7. The minimum absolute atomic E-state index is 0.000289. The fourth-order valence-electron chi connectivity index (χ4n) is 3.43. The van der Waals surface area contributed by atoms with Crippen LogP contribution in [-0.2, 0) is 23.1 Å². The number of hydrogen-bond acceptors (Lipinski definition) is 7. The third kappa shape index (κ3) is 2.75. The lowest BCUT2D eigenvalue weighted by atomic mass is 10.2. The Kier molecular flexibility index (Phi) is 3.75. The van der Waals surface area contributed by atoms with Gasteiger partial charge >= 0.3 is 5.97 Å². The molecule has 1 aliphatic carbocycles. The number of aryl methyl sites for hydroxylation is 1. The number of carbonyl (C=O) groups excluding carboxylic acids is 1. The molecule has 9 heteroatoms. The van der Waals surface area contributed by atoms with Crippen molar-refractivity contribution in [1.29, 1.82) is 0 Å². The Labute approximate surface area is 160 Å². The average molecular weight is 377 g/mol. The summed E-state index contributed by atoms with van der Waals surface area (Å²) in [7, 11) is 3.41. The van der Waals surface area contributed by atoms with Crippen LogP contribution >= 0.6 is 0 Å². The number of aromatic nitrogens is 6. The van der Waals surface area contributed by atoms with Gasteiger partial charge < -0.3 is 14.6 Å². The summed E-state index contributed by atoms with van der Waals surface area (Å²) in [5.41, 5.74) is 3.53. The van der Waals surface area contributed by atoms with Crippen molar-refractivity contribution in [2.45, 2.75) is 25.3 Å². The molecule has 4 aromatic rings. The van der Waals surface area contributed by atoms with E-state index in [1.54, 1.807) is 6.20 Å². The van der Waals surface area contributed by atoms with Crippen molar-refractivity contribution in [1.82, 2.24) is 29.3 Å². The molecule has 142 valence electrons. The Balaban J connectivity index is 1.48. The van der Waals surface area contributed by atoms with Crippen LogP contribution in [0, 0.1) is 0 Å². The third-order valence-corrected chi connectivity index (χ3v) is 5.06. The molecule has 0 spiro atoms. The van der Waals surface area contributed by atoms with E-state index in [0.29, 0.717) is 17.4 Å². The molecule has 0 aliphatic heterocycles. The van der Waals surface area contributed by atoms with E-state index in [1.165, 1.54) is 31.0 Å². The molecule has 9 nitrogen and oxygen atoms in total. The third-order valence-electron chi connectivity index (χ3n) is 5.06. The molecule has 1 saturated carbocycles. The van der Waals surface area contributed by atoms with Crippen molar-refractivity contribution in [2.75, 3.05) is 12.4 Å². The second-order valence-corrected chi connectivity index (χ2v) is 6.97. The fourth-order valence-corrected chi connectivity index (χ4v) is 3.43. The Hall–Kier alpha value is -3.49. The number of nitrogens with zero attached hydrogens (tertiary/aromatic N) is 6. The highest BCUT2D eigenvalue weighted by molar-refractivity contribution is 5.90. The van der Waals surface area contributed by atoms with Crippen molar-refractivity contribution < 1.29 is 9.53 Å². The second kappa shape index (κ2) is 6.29. The van der Waals surface area contributed by atoms with Crippen LogP contribution < -0.4 is 5.32 Å². The van der Waals surface area contributed by atoms with Crippen molar-refractivity contribution in [3.63, 3.8) is 0 Å². The van der Waals surface area contributed by atoms with Crippen LogP contribution in [0.2, 0.25) is 0 Å². The summed E-state index contributed by atoms with van der Waals surface area (Å²) >= 11 is 0. The molecule has 0 amide bonds. The SMILES string of the molecule is COC(=O)Cn1ncc2c(Nc3ccc4c(c3)nc(C3CC3)n4C)ncnc21. The zero-order chi connectivity index (χ0) is 19.3. The van der Waals surface area contributed by atoms with Gasteiger partial charge in [-0.25, -0.2) is 19.6 Å². The largest absolute Gasteiger partial charge is 0.468 e. The summed E-state index contributed by atoms with van der Waals surface area (Å²) in [5.74, 6) is 1.99. The molecule has 1 aliphatic rings. The van der Waals surface area contributed by atoms with E-state index in [1.807, 2.05) is 12.1 Å². The van der Waals surface area contributed by atoms with Gasteiger partial charge in [-0.1, -0.05) is 0 Å². The quantitative estimate of drug-likeness (QED) is 0.533. The van der Waals surface area contributed by atoms with Gasteiger partial charge in [0.2, 0.25) is 0 Å². The van der Waals surface area contributed by atoms with Crippen molar-refractivity contribution in [3.05, 3.63) is 36.5 Å². The van der Waals surface area contributed by atoms with E-state index in [2.05, 4.69) is 38.1 Å². The topological polar surface area (TPSA) is 99.8 Å². The van der Waals surface area contributed by atoms with Crippen LogP contribution in [0.1, 0.15) is 24.6 Å². The van der Waals surface area contributed by atoms with Crippen molar-refractivity contribution in [2.24, 2.45) is 7.05 Å². The molecule has 0 unspecified atom stereocenters. The molecule has 0 saturated heterocycles. The lowest BCUT2D eigenvalue weighted by Crippen LogP contribution is -2.13. The van der Waals surface area contributed by atoms with Gasteiger partial charge in [0, 0.05) is 18.7 Å². The molecule has 5 rings (SSSR count). The molecular weight excluding hydrogens is 358 g/mol. The molecular formula is C19H19N7O2. The predicted molar refractivity (Wildman–Crippen MR) is 103 cm³/mol. The Morgan fingerprint density at radius 3 is 2.96 bits per heavy atom. The summed E-state index contributed by atoms with van der Waals surface area (Å²) in [5, 5.41) is 8.29. The van der Waals surface area contributed by atoms with Gasteiger partial charge in [0.1, 0.15) is 24.5 Å². The maximum atomic E-state index is 11.6. The number of ether oxygens (including phenoxy) is 1. The number of fused-ring (bicyclic) bond motifs is 2. The number of hydrogen-bond donors (Lipinski definition) is 1. The molecule has 1 aromatic carbocycles. The lowest BCUT2D eigenvalue weighted by Gasteiger charge is -2.07. The number of imidazole rings is 1. The first-order chi connectivity index (χ1) is 13.6. The molecule has 0 radical (unpaired) electrons. The fraction of sp³-hybridized carbons (Fsp3) is 0.316. The first-order valence-electron chi connectivity index (χ1n) is 9.11. The number of carbonyl (C=O) groups is 1.